The van der Waals surface area contributed by atoms with Gasteiger partial charge in [-0.1, -0.05) is 12.1 Å². The molecular weight excluding hydrogens is 279 g/mol. The van der Waals surface area contributed by atoms with Crippen LogP contribution >= 0.6 is 0 Å². The Bertz CT molecular complexity index is 639. The van der Waals surface area contributed by atoms with E-state index in [1.165, 1.54) is 0 Å². The monoisotopic (exact) mass is 295 g/mol. The fraction of sp³-hybridized carbons (Fsp3) is 0.250. The Kier molecular flexibility index (Phi) is 4.23. The number of benzene rings is 2. The van der Waals surface area contributed by atoms with Gasteiger partial charge in [-0.3, -0.25) is 0 Å². The Labute approximate surface area is 121 Å². The zero-order valence-electron chi connectivity index (χ0n) is 12.0. The van der Waals surface area contributed by atoms with Crippen LogP contribution in [0.3, 0.4) is 0 Å². The van der Waals surface area contributed by atoms with Crippen molar-refractivity contribution in [3.05, 3.63) is 64.0 Å². The van der Waals surface area contributed by atoms with Gasteiger partial charge in [0, 0.05) is 17.7 Å². The van der Waals surface area contributed by atoms with Crippen molar-refractivity contribution in [2.75, 3.05) is 7.11 Å². The fourth-order valence-electron chi connectivity index (χ4n) is 2.50. The average Bonchev–Trinajstić information content (AvgIpc) is 2.36. The first-order valence-electron chi connectivity index (χ1n) is 6.40. The van der Waals surface area contributed by atoms with Gasteiger partial charge in [-0.2, -0.15) is 0 Å². The lowest BCUT2D eigenvalue weighted by atomic mass is 9.95. The maximum absolute atomic E-state index is 13.8. The van der Waals surface area contributed by atoms with Crippen molar-refractivity contribution in [2.45, 2.75) is 19.9 Å². The molecule has 2 nitrogen and oxygen atoms in total. The molecular formula is C16H16F3NO. The highest BCUT2D eigenvalue weighted by atomic mass is 19.1. The summed E-state index contributed by atoms with van der Waals surface area (Å²) in [6, 6.07) is 3.65. The first-order valence-corrected chi connectivity index (χ1v) is 6.40. The summed E-state index contributed by atoms with van der Waals surface area (Å²) in [7, 11) is 1.55. The van der Waals surface area contributed by atoms with Crippen LogP contribution in [0.2, 0.25) is 0 Å². The summed E-state index contributed by atoms with van der Waals surface area (Å²) >= 11 is 0. The van der Waals surface area contributed by atoms with Crippen molar-refractivity contribution >= 4 is 0 Å². The molecule has 0 aliphatic heterocycles. The van der Waals surface area contributed by atoms with Gasteiger partial charge in [0.2, 0.25) is 0 Å². The van der Waals surface area contributed by atoms with Crippen LogP contribution in [0.5, 0.6) is 5.75 Å². The van der Waals surface area contributed by atoms with Crippen molar-refractivity contribution in [3.63, 3.8) is 0 Å². The van der Waals surface area contributed by atoms with Gasteiger partial charge in [-0.25, -0.2) is 13.2 Å². The molecule has 2 N–H and O–H groups in total. The molecule has 2 rings (SSSR count). The predicted molar refractivity (Wildman–Crippen MR) is 74.8 cm³/mol. The van der Waals surface area contributed by atoms with Gasteiger partial charge < -0.3 is 10.5 Å². The van der Waals surface area contributed by atoms with E-state index in [1.807, 2.05) is 13.8 Å². The van der Waals surface area contributed by atoms with E-state index in [2.05, 4.69) is 0 Å². The molecule has 1 atom stereocenters. The third-order valence-corrected chi connectivity index (χ3v) is 3.40. The minimum absolute atomic E-state index is 0.347. The highest BCUT2D eigenvalue weighted by Crippen LogP contribution is 2.31. The van der Waals surface area contributed by atoms with E-state index in [-0.39, 0.29) is 5.56 Å². The normalized spacial score (nSPS) is 12.3. The Morgan fingerprint density at radius 1 is 0.952 bits per heavy atom. The molecule has 21 heavy (non-hydrogen) atoms. The van der Waals surface area contributed by atoms with Crippen LogP contribution in [0.4, 0.5) is 13.2 Å². The van der Waals surface area contributed by atoms with Crippen molar-refractivity contribution in [2.24, 2.45) is 5.73 Å². The topological polar surface area (TPSA) is 35.2 Å². The minimum Gasteiger partial charge on any atom is -0.496 e. The third kappa shape index (κ3) is 2.88. The molecule has 1 unspecified atom stereocenters. The largest absolute Gasteiger partial charge is 0.496 e. The second-order valence-corrected chi connectivity index (χ2v) is 4.95. The van der Waals surface area contributed by atoms with Crippen molar-refractivity contribution < 1.29 is 17.9 Å². The van der Waals surface area contributed by atoms with Gasteiger partial charge in [0.05, 0.1) is 13.2 Å². The van der Waals surface area contributed by atoms with Gasteiger partial charge in [-0.15, -0.1) is 0 Å². The van der Waals surface area contributed by atoms with Gasteiger partial charge >= 0.3 is 0 Å². The van der Waals surface area contributed by atoms with Crippen LogP contribution in [0, 0.1) is 31.3 Å². The van der Waals surface area contributed by atoms with E-state index in [0.717, 1.165) is 11.1 Å². The van der Waals surface area contributed by atoms with Crippen LogP contribution in [-0.2, 0) is 0 Å². The lowest BCUT2D eigenvalue weighted by Gasteiger charge is -2.18. The van der Waals surface area contributed by atoms with Crippen LogP contribution in [-0.4, -0.2) is 7.11 Å². The number of rotatable bonds is 3. The Hall–Kier alpha value is -2.01. The van der Waals surface area contributed by atoms with Crippen LogP contribution in [0.25, 0.3) is 0 Å². The standard InChI is InChI=1S/C16H16F3NO/c1-8-4-10(5-9(2)16(8)21-3)15(20)14-12(18)6-11(17)7-13(14)19/h4-7,15H,20H2,1-3H3. The molecule has 2 aromatic rings. The molecule has 0 aliphatic rings. The molecule has 0 aromatic heterocycles. The zero-order valence-corrected chi connectivity index (χ0v) is 12.0. The molecule has 5 heteroatoms. The SMILES string of the molecule is COc1c(C)cc(C(N)c2c(F)cc(F)cc2F)cc1C. The van der Waals surface area contributed by atoms with E-state index >= 15 is 0 Å². The van der Waals surface area contributed by atoms with Gasteiger partial charge in [-0.05, 0) is 30.5 Å². The number of methoxy groups -OCH3 is 1. The Morgan fingerprint density at radius 3 is 1.86 bits per heavy atom. The number of hydrogen-bond acceptors (Lipinski definition) is 2. The summed E-state index contributed by atoms with van der Waals surface area (Å²) in [4.78, 5) is 0. The fourth-order valence-corrected chi connectivity index (χ4v) is 2.50. The quantitative estimate of drug-likeness (QED) is 0.935. The highest BCUT2D eigenvalue weighted by molar-refractivity contribution is 5.46. The second kappa shape index (κ2) is 5.77. The van der Waals surface area contributed by atoms with Gasteiger partial charge in [0.25, 0.3) is 0 Å². The van der Waals surface area contributed by atoms with E-state index < -0.39 is 23.5 Å². The maximum atomic E-state index is 13.8. The molecule has 0 saturated heterocycles. The summed E-state index contributed by atoms with van der Waals surface area (Å²) in [5, 5.41) is 0. The number of ether oxygens (including phenoxy) is 1. The number of aryl methyl sites for hydroxylation is 2. The molecule has 2 aromatic carbocycles. The molecule has 0 fully saturated rings. The highest BCUT2D eigenvalue weighted by Gasteiger charge is 2.21. The number of halogens is 3. The molecule has 0 aliphatic carbocycles. The first-order chi connectivity index (χ1) is 9.85. The zero-order chi connectivity index (χ0) is 15.7. The summed E-state index contributed by atoms with van der Waals surface area (Å²) in [5.41, 5.74) is 7.77. The molecule has 0 spiro atoms. The molecule has 0 saturated carbocycles. The predicted octanol–water partition coefficient (Wildman–Crippen LogP) is 3.78. The molecule has 0 radical (unpaired) electrons. The lowest BCUT2D eigenvalue weighted by molar-refractivity contribution is 0.408. The van der Waals surface area contributed by atoms with Crippen molar-refractivity contribution in [1.29, 1.82) is 0 Å². The summed E-state index contributed by atoms with van der Waals surface area (Å²) in [6.45, 7) is 3.64. The Morgan fingerprint density at radius 2 is 1.43 bits per heavy atom. The minimum atomic E-state index is -1.02. The Balaban J connectivity index is 2.53. The maximum Gasteiger partial charge on any atom is 0.134 e. The van der Waals surface area contributed by atoms with E-state index in [1.54, 1.807) is 19.2 Å². The smallest absolute Gasteiger partial charge is 0.134 e. The molecule has 0 amide bonds. The molecule has 0 heterocycles. The average molecular weight is 295 g/mol. The van der Waals surface area contributed by atoms with Crippen LogP contribution in [0.15, 0.2) is 24.3 Å². The summed E-state index contributed by atoms with van der Waals surface area (Å²) < 4.78 is 45.8. The second-order valence-electron chi connectivity index (χ2n) is 4.95. The van der Waals surface area contributed by atoms with Crippen LogP contribution in [0.1, 0.15) is 28.3 Å². The summed E-state index contributed by atoms with van der Waals surface area (Å²) in [5.74, 6) is -2.26. The van der Waals surface area contributed by atoms with E-state index in [0.29, 0.717) is 23.4 Å². The van der Waals surface area contributed by atoms with E-state index in [4.69, 9.17) is 10.5 Å². The molecule has 112 valence electrons. The lowest BCUT2D eigenvalue weighted by Crippen LogP contribution is -2.16. The van der Waals surface area contributed by atoms with Crippen LogP contribution < -0.4 is 10.5 Å². The van der Waals surface area contributed by atoms with Crippen molar-refractivity contribution in [3.8, 4) is 5.75 Å². The molecule has 0 bridgehead atoms. The number of nitrogens with two attached hydrogens (primary N) is 1. The van der Waals surface area contributed by atoms with Gasteiger partial charge in [0.1, 0.15) is 23.2 Å². The van der Waals surface area contributed by atoms with Crippen molar-refractivity contribution in [1.82, 2.24) is 0 Å². The third-order valence-electron chi connectivity index (χ3n) is 3.40. The first kappa shape index (κ1) is 15.4. The number of hydrogen-bond donors (Lipinski definition) is 1. The van der Waals surface area contributed by atoms with E-state index in [9.17, 15) is 13.2 Å². The summed E-state index contributed by atoms with van der Waals surface area (Å²) in [6.07, 6.45) is 0. The van der Waals surface area contributed by atoms with Gasteiger partial charge in [0.15, 0.2) is 0 Å².